The van der Waals surface area contributed by atoms with Crippen molar-refractivity contribution in [1.82, 2.24) is 10.3 Å². The molecule has 2 atom stereocenters. The van der Waals surface area contributed by atoms with E-state index in [0.717, 1.165) is 11.3 Å². The molecule has 178 valence electrons. The zero-order chi connectivity index (χ0) is 24.1. The summed E-state index contributed by atoms with van der Waals surface area (Å²) in [4.78, 5) is 42.1. The molecular formula is C23H23N3O7S. The van der Waals surface area contributed by atoms with Crippen LogP contribution in [0.2, 0.25) is 0 Å². The standard InChI is InChI=1S/C23H23N3O7S/c1-31-16-3-2-4-17(9-16)33-12-15(27)10-24-21(29)14-7-18-20(19(28)8-14)34-23(25-18)26-22(30)13-5-6-32-11-13/h2-6,9,11,14-15,27H,7-8,10,12H2,1H3,(H,24,29)(H,25,26,30)/t14-,15+/m0/s1. The van der Waals surface area contributed by atoms with Crippen LogP contribution in [0.4, 0.5) is 5.13 Å². The number of methoxy groups -OCH3 is 1. The topological polar surface area (TPSA) is 140 Å². The van der Waals surface area contributed by atoms with Gasteiger partial charge in [-0.15, -0.1) is 0 Å². The van der Waals surface area contributed by atoms with E-state index in [-0.39, 0.29) is 42.8 Å². The van der Waals surface area contributed by atoms with Gasteiger partial charge in [0.2, 0.25) is 5.91 Å². The Morgan fingerprint density at radius 1 is 1.29 bits per heavy atom. The van der Waals surface area contributed by atoms with Gasteiger partial charge in [-0.1, -0.05) is 17.4 Å². The number of anilines is 1. The second-order valence-corrected chi connectivity index (χ2v) is 8.68. The van der Waals surface area contributed by atoms with Crippen LogP contribution in [0.3, 0.4) is 0 Å². The summed E-state index contributed by atoms with van der Waals surface area (Å²) in [6, 6.07) is 8.49. The van der Waals surface area contributed by atoms with Crippen LogP contribution in [-0.4, -0.2) is 54.1 Å². The van der Waals surface area contributed by atoms with Crippen molar-refractivity contribution >= 4 is 34.1 Å². The molecule has 0 spiro atoms. The van der Waals surface area contributed by atoms with Gasteiger partial charge in [-0.3, -0.25) is 19.7 Å². The smallest absolute Gasteiger partial charge is 0.260 e. The van der Waals surface area contributed by atoms with Gasteiger partial charge in [-0.2, -0.15) is 0 Å². The van der Waals surface area contributed by atoms with Gasteiger partial charge in [0.25, 0.3) is 5.91 Å². The highest BCUT2D eigenvalue weighted by Gasteiger charge is 2.33. The van der Waals surface area contributed by atoms with Gasteiger partial charge in [0.1, 0.15) is 30.5 Å². The lowest BCUT2D eigenvalue weighted by atomic mass is 9.89. The van der Waals surface area contributed by atoms with Gasteiger partial charge >= 0.3 is 0 Å². The molecule has 1 aliphatic carbocycles. The lowest BCUT2D eigenvalue weighted by Crippen LogP contribution is -2.40. The minimum atomic E-state index is -0.936. The summed E-state index contributed by atoms with van der Waals surface area (Å²) in [6.45, 7) is -0.0452. The van der Waals surface area contributed by atoms with Crippen molar-refractivity contribution in [3.63, 3.8) is 0 Å². The number of thiazole rings is 1. The Labute approximate surface area is 198 Å². The monoisotopic (exact) mass is 485 g/mol. The molecule has 0 aliphatic heterocycles. The van der Waals surface area contributed by atoms with Crippen molar-refractivity contribution in [2.45, 2.75) is 18.9 Å². The number of nitrogens with zero attached hydrogens (tertiary/aromatic N) is 1. The largest absolute Gasteiger partial charge is 0.497 e. The Kier molecular flexibility index (Phi) is 7.24. The van der Waals surface area contributed by atoms with Crippen molar-refractivity contribution in [3.05, 3.63) is 59.0 Å². The van der Waals surface area contributed by atoms with E-state index < -0.39 is 17.9 Å². The maximum Gasteiger partial charge on any atom is 0.260 e. The average Bonchev–Trinajstić information content (AvgIpc) is 3.51. The number of ketones is 1. The van der Waals surface area contributed by atoms with Gasteiger partial charge in [-0.25, -0.2) is 4.98 Å². The number of furan rings is 1. The molecule has 2 amide bonds. The molecule has 2 heterocycles. The summed E-state index contributed by atoms with van der Waals surface area (Å²) in [7, 11) is 1.55. The summed E-state index contributed by atoms with van der Waals surface area (Å²) in [5.74, 6) is -0.388. The van der Waals surface area contributed by atoms with Crippen LogP contribution in [0, 0.1) is 5.92 Å². The van der Waals surface area contributed by atoms with Crippen LogP contribution in [0.25, 0.3) is 0 Å². The molecule has 1 aliphatic rings. The molecule has 1 aromatic carbocycles. The molecule has 10 nitrogen and oxygen atoms in total. The van der Waals surface area contributed by atoms with Crippen LogP contribution in [0.1, 0.15) is 32.1 Å². The van der Waals surface area contributed by atoms with Crippen LogP contribution in [0.15, 0.2) is 47.3 Å². The number of fused-ring (bicyclic) bond motifs is 1. The van der Waals surface area contributed by atoms with E-state index in [0.29, 0.717) is 27.6 Å². The van der Waals surface area contributed by atoms with Crippen molar-refractivity contribution in [2.75, 3.05) is 25.6 Å². The third kappa shape index (κ3) is 5.61. The zero-order valence-corrected chi connectivity index (χ0v) is 19.1. The van der Waals surface area contributed by atoms with Crippen molar-refractivity contribution in [1.29, 1.82) is 0 Å². The fourth-order valence-corrected chi connectivity index (χ4v) is 4.37. The summed E-state index contributed by atoms with van der Waals surface area (Å²) < 4.78 is 15.5. The molecule has 0 bridgehead atoms. The Hall–Kier alpha value is -3.70. The molecule has 0 fully saturated rings. The Morgan fingerprint density at radius 3 is 2.88 bits per heavy atom. The Morgan fingerprint density at radius 2 is 2.12 bits per heavy atom. The van der Waals surface area contributed by atoms with Crippen molar-refractivity contribution < 1.29 is 33.4 Å². The second-order valence-electron chi connectivity index (χ2n) is 7.68. The number of nitrogens with one attached hydrogen (secondary N) is 2. The highest BCUT2D eigenvalue weighted by atomic mass is 32.1. The summed E-state index contributed by atoms with van der Waals surface area (Å²) >= 11 is 1.09. The van der Waals surface area contributed by atoms with E-state index in [9.17, 15) is 19.5 Å². The number of rotatable bonds is 9. The number of aromatic nitrogens is 1. The molecule has 4 rings (SSSR count). The molecule has 2 aromatic heterocycles. The first-order valence-electron chi connectivity index (χ1n) is 10.5. The molecule has 0 saturated carbocycles. The minimum absolute atomic E-state index is 0.0208. The maximum absolute atomic E-state index is 12.6. The first kappa shape index (κ1) is 23.5. The number of ether oxygens (including phenoxy) is 2. The molecule has 3 N–H and O–H groups in total. The predicted molar refractivity (Wildman–Crippen MR) is 122 cm³/mol. The van der Waals surface area contributed by atoms with E-state index in [1.54, 1.807) is 31.4 Å². The van der Waals surface area contributed by atoms with E-state index >= 15 is 0 Å². The fourth-order valence-electron chi connectivity index (χ4n) is 3.44. The summed E-state index contributed by atoms with van der Waals surface area (Å²) in [6.07, 6.45) is 2.06. The van der Waals surface area contributed by atoms with E-state index in [2.05, 4.69) is 15.6 Å². The van der Waals surface area contributed by atoms with E-state index in [4.69, 9.17) is 13.9 Å². The van der Waals surface area contributed by atoms with Crippen molar-refractivity contribution in [3.8, 4) is 11.5 Å². The third-order valence-electron chi connectivity index (χ3n) is 5.19. The average molecular weight is 486 g/mol. The molecule has 0 unspecified atom stereocenters. The number of carbonyl (C=O) groups is 3. The number of hydrogen-bond donors (Lipinski definition) is 3. The van der Waals surface area contributed by atoms with Gasteiger partial charge < -0.3 is 24.3 Å². The van der Waals surface area contributed by atoms with Crippen LogP contribution in [0.5, 0.6) is 11.5 Å². The number of Topliss-reactive ketones (excluding diaryl/α,β-unsaturated/α-hetero) is 1. The minimum Gasteiger partial charge on any atom is -0.497 e. The number of benzene rings is 1. The summed E-state index contributed by atoms with van der Waals surface area (Å²) in [5, 5.41) is 15.8. The van der Waals surface area contributed by atoms with E-state index in [1.807, 2.05) is 0 Å². The highest BCUT2D eigenvalue weighted by Crippen LogP contribution is 2.32. The third-order valence-corrected chi connectivity index (χ3v) is 6.25. The highest BCUT2D eigenvalue weighted by molar-refractivity contribution is 7.17. The van der Waals surface area contributed by atoms with Gasteiger partial charge in [0, 0.05) is 25.5 Å². The first-order chi connectivity index (χ1) is 16.4. The number of aliphatic hydroxyl groups excluding tert-OH is 1. The Bertz CT molecular complexity index is 1180. The molecule has 0 saturated heterocycles. The normalized spacial score (nSPS) is 15.8. The van der Waals surface area contributed by atoms with Crippen LogP contribution in [-0.2, 0) is 11.2 Å². The number of aliphatic hydroxyl groups is 1. The number of carbonyl (C=O) groups excluding carboxylic acids is 3. The lowest BCUT2D eigenvalue weighted by molar-refractivity contribution is -0.125. The predicted octanol–water partition coefficient (Wildman–Crippen LogP) is 2.30. The summed E-state index contributed by atoms with van der Waals surface area (Å²) in [5.41, 5.74) is 0.816. The van der Waals surface area contributed by atoms with Crippen molar-refractivity contribution in [2.24, 2.45) is 5.92 Å². The molecular weight excluding hydrogens is 462 g/mol. The second kappa shape index (κ2) is 10.5. The maximum atomic E-state index is 12.6. The first-order valence-corrected chi connectivity index (χ1v) is 11.3. The van der Waals surface area contributed by atoms with Crippen LogP contribution >= 0.6 is 11.3 Å². The van der Waals surface area contributed by atoms with E-state index in [1.165, 1.54) is 18.6 Å². The number of amides is 2. The molecule has 34 heavy (non-hydrogen) atoms. The molecule has 3 aromatic rings. The zero-order valence-electron chi connectivity index (χ0n) is 18.3. The fraction of sp³-hybridized carbons (Fsp3) is 0.304. The molecule has 0 radical (unpaired) electrons. The SMILES string of the molecule is COc1cccc(OC[C@H](O)CNC(=O)[C@@H]2CC(=O)c3sc(NC(=O)c4ccoc4)nc3C2)c1. The van der Waals surface area contributed by atoms with Crippen LogP contribution < -0.4 is 20.1 Å². The quantitative estimate of drug-likeness (QED) is 0.419. The Balaban J connectivity index is 1.28. The van der Waals surface area contributed by atoms with Gasteiger partial charge in [0.05, 0.1) is 35.4 Å². The lowest BCUT2D eigenvalue weighted by Gasteiger charge is -2.20. The van der Waals surface area contributed by atoms with Gasteiger partial charge in [0.15, 0.2) is 10.9 Å². The number of hydrogen-bond acceptors (Lipinski definition) is 9. The van der Waals surface area contributed by atoms with Gasteiger partial charge in [-0.05, 0) is 18.2 Å². The molecule has 11 heteroatoms.